The lowest BCUT2D eigenvalue weighted by atomic mass is 10.2. The first-order valence-corrected chi connectivity index (χ1v) is 3.03. The number of hydroxylamine groups is 1. The van der Waals surface area contributed by atoms with Crippen LogP contribution in [0.15, 0.2) is 0 Å². The van der Waals surface area contributed by atoms with Crippen LogP contribution in [0.2, 0.25) is 0 Å². The molecule has 0 radical (unpaired) electrons. The fourth-order valence-electron chi connectivity index (χ4n) is 0.306. The van der Waals surface area contributed by atoms with E-state index in [1.54, 1.807) is 0 Å². The maximum Gasteiger partial charge on any atom is 0.104 e. The average Bonchev–Trinajstić information content (AvgIpc) is 1.63. The molecule has 0 bridgehead atoms. The van der Waals surface area contributed by atoms with Crippen LogP contribution >= 0.6 is 0 Å². The normalized spacial score (nSPS) is 12.0. The maximum absolute atomic E-state index is 11.4. The Morgan fingerprint density at radius 2 is 2.00 bits per heavy atom. The second-order valence-corrected chi connectivity index (χ2v) is 2.80. The lowest BCUT2D eigenvalue weighted by Crippen LogP contribution is -2.30. The molecule has 0 aliphatic carbocycles. The van der Waals surface area contributed by atoms with E-state index in [4.69, 9.17) is 4.84 Å². The molecule has 9 heavy (non-hydrogen) atoms. The third kappa shape index (κ3) is 7.85. The molecule has 2 nitrogen and oxygen atoms in total. The van der Waals surface area contributed by atoms with Crippen molar-refractivity contribution in [1.29, 1.82) is 0 Å². The number of nitrogens with one attached hydrogen (secondary N) is 1. The Morgan fingerprint density at radius 1 is 1.44 bits per heavy atom. The molecule has 3 heteroatoms. The van der Waals surface area contributed by atoms with Gasteiger partial charge in [-0.3, -0.25) is 4.84 Å². The van der Waals surface area contributed by atoms with Gasteiger partial charge in [-0.1, -0.05) is 0 Å². The van der Waals surface area contributed by atoms with E-state index in [-0.39, 0.29) is 12.1 Å². The predicted octanol–water partition coefficient (Wildman–Crippen LogP) is 1.28. The molecule has 0 saturated heterocycles. The van der Waals surface area contributed by atoms with Gasteiger partial charge in [0.2, 0.25) is 0 Å². The Bertz CT molecular complexity index is 69.9. The zero-order valence-corrected chi connectivity index (χ0v) is 6.20. The predicted molar refractivity (Wildman–Crippen MR) is 34.8 cm³/mol. The summed E-state index contributed by atoms with van der Waals surface area (Å²) in [7, 11) is 0. The van der Waals surface area contributed by atoms with Gasteiger partial charge in [-0.15, -0.1) is 0 Å². The Kier molecular flexibility index (Phi) is 3.73. The van der Waals surface area contributed by atoms with Gasteiger partial charge in [0.1, 0.15) is 6.67 Å². The smallest absolute Gasteiger partial charge is 0.104 e. The number of rotatable bonds is 3. The molecule has 0 unspecified atom stereocenters. The molecule has 0 saturated carbocycles. The van der Waals surface area contributed by atoms with Crippen LogP contribution in [0.1, 0.15) is 20.8 Å². The number of halogens is 1. The minimum absolute atomic E-state index is 0.227. The number of hydrogen-bond acceptors (Lipinski definition) is 2. The van der Waals surface area contributed by atoms with Gasteiger partial charge in [-0.25, -0.2) is 4.39 Å². The fraction of sp³-hybridized carbons (Fsp3) is 1.00. The van der Waals surface area contributed by atoms with Crippen LogP contribution in [-0.4, -0.2) is 18.8 Å². The highest BCUT2D eigenvalue weighted by atomic mass is 19.1. The molecule has 0 aromatic carbocycles. The Balaban J connectivity index is 3.07. The van der Waals surface area contributed by atoms with E-state index in [2.05, 4.69) is 5.48 Å². The monoisotopic (exact) mass is 135 g/mol. The second kappa shape index (κ2) is 3.80. The van der Waals surface area contributed by atoms with Crippen LogP contribution in [0.3, 0.4) is 0 Å². The molecule has 0 heterocycles. The van der Waals surface area contributed by atoms with Crippen molar-refractivity contribution in [2.24, 2.45) is 0 Å². The molecule has 0 fully saturated rings. The first kappa shape index (κ1) is 8.85. The minimum atomic E-state index is -0.393. The third-order valence-electron chi connectivity index (χ3n) is 0.575. The summed E-state index contributed by atoms with van der Waals surface area (Å²) in [5.41, 5.74) is 2.27. The standard InChI is InChI=1S/C6H14FNO/c1-6(2,3)9-8-5-4-7/h8H,4-5H2,1-3H3. The van der Waals surface area contributed by atoms with Gasteiger partial charge in [0, 0.05) is 6.54 Å². The molecule has 1 N–H and O–H groups in total. The summed E-state index contributed by atoms with van der Waals surface area (Å²) in [6, 6.07) is 0. The van der Waals surface area contributed by atoms with E-state index in [0.717, 1.165) is 0 Å². The first-order valence-electron chi connectivity index (χ1n) is 3.03. The van der Waals surface area contributed by atoms with Crippen molar-refractivity contribution in [1.82, 2.24) is 5.48 Å². The van der Waals surface area contributed by atoms with Crippen molar-refractivity contribution in [2.45, 2.75) is 26.4 Å². The summed E-state index contributed by atoms with van der Waals surface area (Å²) in [6.07, 6.45) is 0. The van der Waals surface area contributed by atoms with Crippen molar-refractivity contribution in [3.63, 3.8) is 0 Å². The summed E-state index contributed by atoms with van der Waals surface area (Å²) >= 11 is 0. The van der Waals surface area contributed by atoms with E-state index >= 15 is 0 Å². The summed E-state index contributed by atoms with van der Waals surface area (Å²) < 4.78 is 11.4. The van der Waals surface area contributed by atoms with Gasteiger partial charge in [-0.2, -0.15) is 5.48 Å². The van der Waals surface area contributed by atoms with Crippen molar-refractivity contribution in [3.8, 4) is 0 Å². The Labute approximate surface area is 55.3 Å². The summed E-state index contributed by atoms with van der Waals surface area (Å²) in [5, 5.41) is 0. The van der Waals surface area contributed by atoms with E-state index in [9.17, 15) is 4.39 Å². The van der Waals surface area contributed by atoms with E-state index in [1.165, 1.54) is 0 Å². The zero-order valence-electron chi connectivity index (χ0n) is 6.20. The Hall–Kier alpha value is -0.150. The number of alkyl halides is 1. The Morgan fingerprint density at radius 3 is 2.33 bits per heavy atom. The van der Waals surface area contributed by atoms with E-state index in [1.807, 2.05) is 20.8 Å². The van der Waals surface area contributed by atoms with Crippen molar-refractivity contribution in [2.75, 3.05) is 13.2 Å². The molecule has 0 aliphatic rings. The van der Waals surface area contributed by atoms with Crippen molar-refractivity contribution >= 4 is 0 Å². The number of hydrogen-bond donors (Lipinski definition) is 1. The second-order valence-electron chi connectivity index (χ2n) is 2.80. The van der Waals surface area contributed by atoms with Crippen LogP contribution in [0, 0.1) is 0 Å². The highest BCUT2D eigenvalue weighted by Gasteiger charge is 2.08. The van der Waals surface area contributed by atoms with Crippen LogP contribution in [0.5, 0.6) is 0 Å². The summed E-state index contributed by atoms with van der Waals surface area (Å²) in [5.74, 6) is 0. The molecule has 0 aromatic heterocycles. The summed E-state index contributed by atoms with van der Waals surface area (Å²) in [4.78, 5) is 4.98. The average molecular weight is 135 g/mol. The van der Waals surface area contributed by atoms with Gasteiger partial charge in [0.15, 0.2) is 0 Å². The van der Waals surface area contributed by atoms with Gasteiger partial charge >= 0.3 is 0 Å². The van der Waals surface area contributed by atoms with Crippen molar-refractivity contribution in [3.05, 3.63) is 0 Å². The molecule has 0 aliphatic heterocycles. The third-order valence-corrected chi connectivity index (χ3v) is 0.575. The van der Waals surface area contributed by atoms with Crippen LogP contribution in [0.25, 0.3) is 0 Å². The topological polar surface area (TPSA) is 21.3 Å². The molecule has 56 valence electrons. The molecule has 0 amide bonds. The lowest BCUT2D eigenvalue weighted by molar-refractivity contribution is -0.0734. The van der Waals surface area contributed by atoms with Crippen molar-refractivity contribution < 1.29 is 9.23 Å². The van der Waals surface area contributed by atoms with Gasteiger partial charge in [-0.05, 0) is 20.8 Å². The van der Waals surface area contributed by atoms with Crippen LogP contribution < -0.4 is 5.48 Å². The summed E-state index contributed by atoms with van der Waals surface area (Å²) in [6.45, 7) is 5.57. The molecular formula is C6H14FNO. The highest BCUT2D eigenvalue weighted by molar-refractivity contribution is 4.56. The molecule has 0 rings (SSSR count). The minimum Gasteiger partial charge on any atom is -0.296 e. The molecular weight excluding hydrogens is 121 g/mol. The largest absolute Gasteiger partial charge is 0.296 e. The quantitative estimate of drug-likeness (QED) is 0.465. The lowest BCUT2D eigenvalue weighted by Gasteiger charge is -2.18. The SMILES string of the molecule is CC(C)(C)ONCCF. The van der Waals surface area contributed by atoms with Gasteiger partial charge in [0.25, 0.3) is 0 Å². The van der Waals surface area contributed by atoms with Crippen LogP contribution in [0.4, 0.5) is 4.39 Å². The first-order chi connectivity index (χ1) is 4.06. The molecule has 0 aromatic rings. The van der Waals surface area contributed by atoms with E-state index < -0.39 is 6.67 Å². The molecule has 0 spiro atoms. The molecule has 0 atom stereocenters. The maximum atomic E-state index is 11.4. The van der Waals surface area contributed by atoms with E-state index in [0.29, 0.717) is 0 Å². The van der Waals surface area contributed by atoms with Gasteiger partial charge in [0.05, 0.1) is 5.60 Å². The van der Waals surface area contributed by atoms with Crippen LogP contribution in [-0.2, 0) is 4.84 Å². The van der Waals surface area contributed by atoms with Gasteiger partial charge < -0.3 is 0 Å². The zero-order chi connectivity index (χ0) is 7.33. The highest BCUT2D eigenvalue weighted by Crippen LogP contribution is 2.02. The fourth-order valence-corrected chi connectivity index (χ4v) is 0.306.